The first-order chi connectivity index (χ1) is 10.8. The summed E-state index contributed by atoms with van der Waals surface area (Å²) in [7, 11) is 0. The lowest BCUT2D eigenvalue weighted by atomic mass is 10.1. The summed E-state index contributed by atoms with van der Waals surface area (Å²) < 4.78 is 5.27. The van der Waals surface area contributed by atoms with Gasteiger partial charge in [-0.1, -0.05) is 0 Å². The molecule has 1 aliphatic carbocycles. The maximum atomic E-state index is 12.2. The third-order valence-corrected chi connectivity index (χ3v) is 4.33. The van der Waals surface area contributed by atoms with E-state index in [1.807, 2.05) is 18.2 Å². The van der Waals surface area contributed by atoms with E-state index in [0.29, 0.717) is 13.1 Å². The van der Waals surface area contributed by atoms with Gasteiger partial charge in [-0.25, -0.2) is 0 Å². The predicted molar refractivity (Wildman–Crippen MR) is 85.8 cm³/mol. The normalized spacial score (nSPS) is 13.6. The zero-order chi connectivity index (χ0) is 14.9. The van der Waals surface area contributed by atoms with Crippen molar-refractivity contribution in [1.29, 1.82) is 0 Å². The maximum Gasteiger partial charge on any atom is 0.252 e. The Hall–Kier alpha value is -2.33. The average molecular weight is 294 g/mol. The van der Waals surface area contributed by atoms with Gasteiger partial charge in [0.2, 0.25) is 0 Å². The standard InChI is InChI=1S/C18H18N2O2/c21-18-15(10-19-11-16-5-2-6-22-16)8-14-7-12-3-1-4-13(12)9-17(14)20-18/h2,5-9,19H,1,3-4,10-11H2,(H,20,21). The molecule has 1 aromatic carbocycles. The summed E-state index contributed by atoms with van der Waals surface area (Å²) in [5, 5.41) is 4.37. The molecule has 4 rings (SSSR count). The number of furan rings is 1. The van der Waals surface area contributed by atoms with E-state index in [1.165, 1.54) is 17.5 Å². The van der Waals surface area contributed by atoms with E-state index in [1.54, 1.807) is 6.26 Å². The topological polar surface area (TPSA) is 58.0 Å². The Kier molecular flexibility index (Phi) is 3.31. The van der Waals surface area contributed by atoms with Gasteiger partial charge < -0.3 is 14.7 Å². The van der Waals surface area contributed by atoms with Crippen molar-refractivity contribution in [3.05, 3.63) is 69.4 Å². The van der Waals surface area contributed by atoms with Gasteiger partial charge in [0, 0.05) is 17.6 Å². The summed E-state index contributed by atoms with van der Waals surface area (Å²) in [6.07, 6.45) is 5.14. The first kappa shape index (κ1) is 13.3. The van der Waals surface area contributed by atoms with Crippen LogP contribution < -0.4 is 10.9 Å². The predicted octanol–water partition coefficient (Wildman–Crippen LogP) is 2.90. The minimum absolute atomic E-state index is 0.0163. The number of aryl methyl sites for hydroxylation is 2. The Morgan fingerprint density at radius 3 is 2.82 bits per heavy atom. The lowest BCUT2D eigenvalue weighted by molar-refractivity contribution is 0.482. The van der Waals surface area contributed by atoms with Crippen molar-refractivity contribution < 1.29 is 4.42 Å². The maximum absolute atomic E-state index is 12.2. The zero-order valence-electron chi connectivity index (χ0n) is 12.3. The highest BCUT2D eigenvalue weighted by Crippen LogP contribution is 2.26. The van der Waals surface area contributed by atoms with Crippen LogP contribution in [-0.4, -0.2) is 4.98 Å². The van der Waals surface area contributed by atoms with Crippen LogP contribution >= 0.6 is 0 Å². The minimum Gasteiger partial charge on any atom is -0.468 e. The van der Waals surface area contributed by atoms with Gasteiger partial charge in [0.25, 0.3) is 5.56 Å². The number of nitrogens with one attached hydrogen (secondary N) is 2. The SMILES string of the molecule is O=c1[nH]c2cc3c(cc2cc1CNCc1ccco1)CCC3. The smallest absolute Gasteiger partial charge is 0.252 e. The second-order valence-electron chi connectivity index (χ2n) is 5.87. The van der Waals surface area contributed by atoms with Gasteiger partial charge in [-0.2, -0.15) is 0 Å². The second kappa shape index (κ2) is 5.46. The molecule has 4 nitrogen and oxygen atoms in total. The van der Waals surface area contributed by atoms with E-state index in [2.05, 4.69) is 22.4 Å². The molecule has 1 aliphatic rings. The van der Waals surface area contributed by atoms with Crippen LogP contribution in [0.15, 0.2) is 45.8 Å². The molecule has 0 bridgehead atoms. The molecular weight excluding hydrogens is 276 g/mol. The monoisotopic (exact) mass is 294 g/mol. The number of aromatic nitrogens is 1. The zero-order valence-corrected chi connectivity index (χ0v) is 12.3. The summed E-state index contributed by atoms with van der Waals surface area (Å²) in [5.41, 5.74) is 4.50. The van der Waals surface area contributed by atoms with Crippen molar-refractivity contribution >= 4 is 10.9 Å². The number of pyridine rings is 1. The van der Waals surface area contributed by atoms with E-state index in [9.17, 15) is 4.79 Å². The van der Waals surface area contributed by atoms with Crippen molar-refractivity contribution in [2.24, 2.45) is 0 Å². The van der Waals surface area contributed by atoms with Gasteiger partial charge in [0.15, 0.2) is 0 Å². The lowest BCUT2D eigenvalue weighted by Gasteiger charge is -2.07. The lowest BCUT2D eigenvalue weighted by Crippen LogP contribution is -2.20. The summed E-state index contributed by atoms with van der Waals surface area (Å²) in [6, 6.07) is 10.1. The van der Waals surface area contributed by atoms with Crippen molar-refractivity contribution in [3.63, 3.8) is 0 Å². The van der Waals surface area contributed by atoms with Crippen LogP contribution in [-0.2, 0) is 25.9 Å². The van der Waals surface area contributed by atoms with E-state index >= 15 is 0 Å². The summed E-state index contributed by atoms with van der Waals surface area (Å²) in [5.74, 6) is 0.870. The van der Waals surface area contributed by atoms with Crippen molar-refractivity contribution in [3.8, 4) is 0 Å². The van der Waals surface area contributed by atoms with E-state index < -0.39 is 0 Å². The highest BCUT2D eigenvalue weighted by molar-refractivity contribution is 5.81. The third kappa shape index (κ3) is 2.46. The van der Waals surface area contributed by atoms with Crippen LogP contribution in [0.5, 0.6) is 0 Å². The molecule has 0 radical (unpaired) electrons. The Labute approximate surface area is 128 Å². The molecule has 0 saturated heterocycles. The van der Waals surface area contributed by atoms with Crippen LogP contribution in [0, 0.1) is 0 Å². The molecular formula is C18H18N2O2. The van der Waals surface area contributed by atoms with Crippen LogP contribution in [0.4, 0.5) is 0 Å². The van der Waals surface area contributed by atoms with Crippen molar-refractivity contribution in [1.82, 2.24) is 10.3 Å². The minimum atomic E-state index is -0.0163. The molecule has 22 heavy (non-hydrogen) atoms. The van der Waals surface area contributed by atoms with Gasteiger partial charge in [0.05, 0.1) is 12.8 Å². The highest BCUT2D eigenvalue weighted by atomic mass is 16.3. The molecule has 0 aliphatic heterocycles. The van der Waals surface area contributed by atoms with E-state index in [-0.39, 0.29) is 5.56 Å². The number of aromatic amines is 1. The molecule has 0 unspecified atom stereocenters. The molecule has 0 atom stereocenters. The second-order valence-corrected chi connectivity index (χ2v) is 5.87. The number of hydrogen-bond donors (Lipinski definition) is 2. The first-order valence-corrected chi connectivity index (χ1v) is 7.70. The fraction of sp³-hybridized carbons (Fsp3) is 0.278. The summed E-state index contributed by atoms with van der Waals surface area (Å²) >= 11 is 0. The fourth-order valence-corrected chi connectivity index (χ4v) is 3.19. The number of rotatable bonds is 4. The van der Waals surface area contributed by atoms with Crippen molar-refractivity contribution in [2.45, 2.75) is 32.4 Å². The van der Waals surface area contributed by atoms with Crippen LogP contribution in [0.3, 0.4) is 0 Å². The average Bonchev–Trinajstić information content (AvgIpc) is 3.16. The van der Waals surface area contributed by atoms with Crippen LogP contribution in [0.2, 0.25) is 0 Å². The number of benzene rings is 1. The molecule has 4 heteroatoms. The Bertz CT molecular complexity index is 863. The number of hydrogen-bond acceptors (Lipinski definition) is 3. The Morgan fingerprint density at radius 2 is 2.00 bits per heavy atom. The molecule has 0 saturated carbocycles. The van der Waals surface area contributed by atoms with Gasteiger partial charge in [-0.3, -0.25) is 4.79 Å². The molecule has 2 N–H and O–H groups in total. The van der Waals surface area contributed by atoms with Crippen LogP contribution in [0.1, 0.15) is 28.9 Å². The van der Waals surface area contributed by atoms with Gasteiger partial charge in [0.1, 0.15) is 5.76 Å². The molecule has 2 aromatic heterocycles. The highest BCUT2D eigenvalue weighted by Gasteiger charge is 2.13. The first-order valence-electron chi connectivity index (χ1n) is 7.70. The number of fused-ring (bicyclic) bond motifs is 2. The molecule has 0 fully saturated rings. The Balaban J connectivity index is 1.59. The number of H-pyrrole nitrogens is 1. The molecule has 0 spiro atoms. The third-order valence-electron chi connectivity index (χ3n) is 4.33. The van der Waals surface area contributed by atoms with E-state index in [0.717, 1.165) is 35.1 Å². The summed E-state index contributed by atoms with van der Waals surface area (Å²) in [6.45, 7) is 1.15. The molecule has 0 amide bonds. The van der Waals surface area contributed by atoms with Crippen LogP contribution in [0.25, 0.3) is 10.9 Å². The molecule has 3 aromatic rings. The summed E-state index contributed by atoms with van der Waals surface area (Å²) in [4.78, 5) is 15.2. The van der Waals surface area contributed by atoms with Gasteiger partial charge in [-0.05, 0) is 66.1 Å². The van der Waals surface area contributed by atoms with Gasteiger partial charge >= 0.3 is 0 Å². The molecule has 2 heterocycles. The molecule has 112 valence electrons. The Morgan fingerprint density at radius 1 is 1.14 bits per heavy atom. The quantitative estimate of drug-likeness (QED) is 0.778. The van der Waals surface area contributed by atoms with E-state index in [4.69, 9.17) is 4.42 Å². The van der Waals surface area contributed by atoms with Gasteiger partial charge in [-0.15, -0.1) is 0 Å². The fourth-order valence-electron chi connectivity index (χ4n) is 3.19. The van der Waals surface area contributed by atoms with Crippen molar-refractivity contribution in [2.75, 3.05) is 0 Å². The largest absolute Gasteiger partial charge is 0.468 e.